The molecule has 1 aromatic heterocycles. The molecule has 2 aromatic rings. The van der Waals surface area contributed by atoms with Gasteiger partial charge in [0.2, 0.25) is 5.91 Å². The van der Waals surface area contributed by atoms with E-state index in [0.29, 0.717) is 36.5 Å². The Bertz CT molecular complexity index is 1050. The van der Waals surface area contributed by atoms with Crippen LogP contribution < -0.4 is 21.3 Å². The summed E-state index contributed by atoms with van der Waals surface area (Å²) in [5.74, 6) is 0.274. The van der Waals surface area contributed by atoms with E-state index in [1.54, 1.807) is 24.3 Å². The molecule has 2 N–H and O–H groups in total. The molecule has 0 spiro atoms. The van der Waals surface area contributed by atoms with Crippen LogP contribution in [0.15, 0.2) is 33.9 Å². The smallest absolute Gasteiger partial charge is 0.331 e. The van der Waals surface area contributed by atoms with E-state index in [1.807, 2.05) is 6.07 Å². The zero-order valence-electron chi connectivity index (χ0n) is 15.3. The Hall–Kier alpha value is -3.38. The largest absolute Gasteiger partial charge is 0.491 e. The lowest BCUT2D eigenvalue weighted by molar-refractivity contribution is -0.114. The van der Waals surface area contributed by atoms with E-state index in [1.165, 1.54) is 11.5 Å². The molecule has 3 rings (SSSR count). The first-order valence-corrected chi connectivity index (χ1v) is 8.86. The number of carbonyl (C=O) groups excluding carboxylic acids is 1. The summed E-state index contributed by atoms with van der Waals surface area (Å²) in [6, 6.07) is 8.44. The molecule has 1 atom stereocenters. The van der Waals surface area contributed by atoms with E-state index in [9.17, 15) is 24.8 Å². The van der Waals surface area contributed by atoms with Gasteiger partial charge < -0.3 is 15.2 Å². The lowest BCUT2D eigenvalue weighted by Gasteiger charge is -2.15. The molecule has 0 saturated carbocycles. The summed E-state index contributed by atoms with van der Waals surface area (Å²) in [5.41, 5.74) is -0.158. The molecule has 2 heterocycles. The molecule has 0 radical (unpaired) electrons. The van der Waals surface area contributed by atoms with Gasteiger partial charge in [-0.3, -0.25) is 18.7 Å². The van der Waals surface area contributed by atoms with Gasteiger partial charge in [0, 0.05) is 24.8 Å². The first-order chi connectivity index (χ1) is 13.4. The number of anilines is 1. The van der Waals surface area contributed by atoms with Gasteiger partial charge in [-0.1, -0.05) is 0 Å². The third-order valence-electron chi connectivity index (χ3n) is 4.45. The average molecular weight is 384 g/mol. The lowest BCUT2D eigenvalue weighted by atomic mass is 10.2. The van der Waals surface area contributed by atoms with E-state index < -0.39 is 17.4 Å². The van der Waals surface area contributed by atoms with Crippen molar-refractivity contribution in [3.05, 3.63) is 56.4 Å². The summed E-state index contributed by atoms with van der Waals surface area (Å²) >= 11 is 0. The molecule has 28 heavy (non-hydrogen) atoms. The van der Waals surface area contributed by atoms with Crippen molar-refractivity contribution in [3.8, 4) is 11.8 Å². The third-order valence-corrected chi connectivity index (χ3v) is 4.45. The van der Waals surface area contributed by atoms with Crippen molar-refractivity contribution in [2.24, 2.45) is 0 Å². The van der Waals surface area contributed by atoms with Crippen LogP contribution in [-0.2, 0) is 24.3 Å². The molecule has 0 aliphatic carbocycles. The normalized spacial score (nSPS) is 13.5. The monoisotopic (exact) mass is 384 g/mol. The van der Waals surface area contributed by atoms with Crippen LogP contribution in [0, 0.1) is 11.3 Å². The highest BCUT2D eigenvalue weighted by molar-refractivity contribution is 5.88. The maximum atomic E-state index is 12.5. The number of carbonyl (C=O) groups is 1. The Balaban J connectivity index is 1.70. The van der Waals surface area contributed by atoms with Crippen molar-refractivity contribution in [3.63, 3.8) is 0 Å². The molecule has 0 bridgehead atoms. The zero-order chi connectivity index (χ0) is 20.3. The summed E-state index contributed by atoms with van der Waals surface area (Å²) in [6.07, 6.45) is 0.106. The van der Waals surface area contributed by atoms with Crippen molar-refractivity contribution < 1.29 is 14.6 Å². The van der Waals surface area contributed by atoms with Crippen LogP contribution in [0.3, 0.4) is 0 Å². The van der Waals surface area contributed by atoms with Crippen LogP contribution >= 0.6 is 0 Å². The Morgan fingerprint density at radius 1 is 1.36 bits per heavy atom. The van der Waals surface area contributed by atoms with Gasteiger partial charge in [0.1, 0.15) is 30.1 Å². The fourth-order valence-corrected chi connectivity index (χ4v) is 3.20. The summed E-state index contributed by atoms with van der Waals surface area (Å²) in [6.45, 7) is 1.45. The Morgan fingerprint density at radius 2 is 2.07 bits per heavy atom. The van der Waals surface area contributed by atoms with Gasteiger partial charge in [0.15, 0.2) is 0 Å². The Morgan fingerprint density at radius 3 is 2.71 bits per heavy atom. The number of hydrogen-bond donors (Lipinski definition) is 2. The van der Waals surface area contributed by atoms with E-state index in [-0.39, 0.29) is 24.6 Å². The maximum absolute atomic E-state index is 12.5. The third kappa shape index (κ3) is 3.97. The molecular formula is C19H20N4O5. The number of rotatable bonds is 6. The standard InChI is InChI=1S/C19H20N4O5/c1-12(24)21-13-4-6-15(7-5-13)28-11-14(25)10-23-18(26)16(9-20)17-3-2-8-22(17)19(23)27/h4-7,14,25H,2-3,8,10-11H2,1H3,(H,21,24). The molecule has 0 saturated heterocycles. The maximum Gasteiger partial charge on any atom is 0.331 e. The molecule has 9 heteroatoms. The first-order valence-electron chi connectivity index (χ1n) is 8.86. The summed E-state index contributed by atoms with van der Waals surface area (Å²) in [7, 11) is 0. The molecule has 1 amide bonds. The van der Waals surface area contributed by atoms with Crippen molar-refractivity contribution in [2.45, 2.75) is 39.0 Å². The van der Waals surface area contributed by atoms with Crippen LogP contribution in [0.5, 0.6) is 5.75 Å². The number of nitrogens with one attached hydrogen (secondary N) is 1. The molecular weight excluding hydrogens is 364 g/mol. The quantitative estimate of drug-likeness (QED) is 0.734. The van der Waals surface area contributed by atoms with Crippen molar-refractivity contribution in [1.29, 1.82) is 5.26 Å². The number of aliphatic hydroxyl groups is 1. The van der Waals surface area contributed by atoms with Gasteiger partial charge in [-0.05, 0) is 37.1 Å². The number of nitriles is 1. The van der Waals surface area contributed by atoms with Crippen molar-refractivity contribution in [2.75, 3.05) is 11.9 Å². The van der Waals surface area contributed by atoms with Gasteiger partial charge >= 0.3 is 5.69 Å². The molecule has 1 unspecified atom stereocenters. The Labute approximate surface area is 160 Å². The van der Waals surface area contributed by atoms with E-state index in [0.717, 1.165) is 4.57 Å². The summed E-state index contributed by atoms with van der Waals surface area (Å²) in [4.78, 5) is 36.0. The minimum Gasteiger partial charge on any atom is -0.491 e. The number of aliphatic hydroxyl groups excluding tert-OH is 1. The molecule has 1 aliphatic heterocycles. The van der Waals surface area contributed by atoms with E-state index in [4.69, 9.17) is 4.74 Å². The molecule has 9 nitrogen and oxygen atoms in total. The minimum atomic E-state index is -1.12. The second-order valence-electron chi connectivity index (χ2n) is 6.56. The Kier molecular flexibility index (Phi) is 5.61. The lowest BCUT2D eigenvalue weighted by Crippen LogP contribution is -2.44. The topological polar surface area (TPSA) is 126 Å². The second kappa shape index (κ2) is 8.10. The predicted octanol–water partition coefficient (Wildman–Crippen LogP) is 0.226. The van der Waals surface area contributed by atoms with Crippen molar-refractivity contribution in [1.82, 2.24) is 9.13 Å². The minimum absolute atomic E-state index is 0.0428. The van der Waals surface area contributed by atoms with Crippen LogP contribution in [-0.4, -0.2) is 32.9 Å². The number of ether oxygens (including phenoxy) is 1. The highest BCUT2D eigenvalue weighted by atomic mass is 16.5. The number of benzene rings is 1. The number of aromatic nitrogens is 2. The zero-order valence-corrected chi connectivity index (χ0v) is 15.3. The van der Waals surface area contributed by atoms with E-state index >= 15 is 0 Å². The summed E-state index contributed by atoms with van der Waals surface area (Å²) in [5, 5.41) is 22.1. The van der Waals surface area contributed by atoms with Gasteiger partial charge in [-0.15, -0.1) is 0 Å². The van der Waals surface area contributed by atoms with Gasteiger partial charge in [-0.25, -0.2) is 4.79 Å². The number of hydrogen-bond acceptors (Lipinski definition) is 6. The van der Waals surface area contributed by atoms with Crippen LogP contribution in [0.1, 0.15) is 24.6 Å². The summed E-state index contributed by atoms with van der Waals surface area (Å²) < 4.78 is 7.79. The van der Waals surface area contributed by atoms with Crippen LogP contribution in [0.4, 0.5) is 5.69 Å². The van der Waals surface area contributed by atoms with Gasteiger partial charge in [-0.2, -0.15) is 5.26 Å². The van der Waals surface area contributed by atoms with Gasteiger partial charge in [0.25, 0.3) is 5.56 Å². The fourth-order valence-electron chi connectivity index (χ4n) is 3.20. The highest BCUT2D eigenvalue weighted by Crippen LogP contribution is 2.16. The molecule has 146 valence electrons. The predicted molar refractivity (Wildman–Crippen MR) is 100 cm³/mol. The molecule has 0 fully saturated rings. The van der Waals surface area contributed by atoms with Gasteiger partial charge in [0.05, 0.1) is 6.54 Å². The van der Waals surface area contributed by atoms with Crippen molar-refractivity contribution >= 4 is 11.6 Å². The second-order valence-corrected chi connectivity index (χ2v) is 6.56. The number of nitrogens with zero attached hydrogens (tertiary/aromatic N) is 3. The molecule has 1 aromatic carbocycles. The fraction of sp³-hybridized carbons (Fsp3) is 0.368. The highest BCUT2D eigenvalue weighted by Gasteiger charge is 2.23. The SMILES string of the molecule is CC(=O)Nc1ccc(OCC(O)Cn2c(=O)c(C#N)c3n(c2=O)CCC3)cc1. The number of fused-ring (bicyclic) bond motifs is 1. The van der Waals surface area contributed by atoms with Crippen LogP contribution in [0.2, 0.25) is 0 Å². The average Bonchev–Trinajstić information content (AvgIpc) is 3.14. The molecule has 1 aliphatic rings. The van der Waals surface area contributed by atoms with E-state index in [2.05, 4.69) is 5.32 Å². The first kappa shape index (κ1) is 19.4. The van der Waals surface area contributed by atoms with Crippen LogP contribution in [0.25, 0.3) is 0 Å². The number of amides is 1.